The molecule has 0 aliphatic carbocycles. The molecular formula is C22H27ClN4O3S2. The SMILES string of the molecule is C=Cc1cc(Cl)ccc1/C=C(\C)S(=O)(=O)CCC(=O)N1CCN(/N=c2\sccn2C)CC1. The maximum Gasteiger partial charge on any atom is 0.223 e. The van der Waals surface area contributed by atoms with E-state index in [0.29, 0.717) is 31.2 Å². The van der Waals surface area contributed by atoms with E-state index in [9.17, 15) is 13.2 Å². The fraction of sp³-hybridized carbons (Fsp3) is 0.364. The van der Waals surface area contributed by atoms with Gasteiger partial charge in [-0.05, 0) is 36.3 Å². The van der Waals surface area contributed by atoms with Gasteiger partial charge in [-0.15, -0.1) is 16.4 Å². The van der Waals surface area contributed by atoms with Gasteiger partial charge in [0.1, 0.15) is 0 Å². The van der Waals surface area contributed by atoms with Crippen molar-refractivity contribution in [2.75, 3.05) is 31.9 Å². The number of sulfone groups is 1. The van der Waals surface area contributed by atoms with Crippen LogP contribution < -0.4 is 4.80 Å². The molecule has 172 valence electrons. The molecule has 1 aromatic carbocycles. The van der Waals surface area contributed by atoms with Crippen molar-refractivity contribution in [2.24, 2.45) is 12.1 Å². The van der Waals surface area contributed by atoms with Gasteiger partial charge in [-0.2, -0.15) is 0 Å². The monoisotopic (exact) mass is 494 g/mol. The lowest BCUT2D eigenvalue weighted by atomic mass is 10.1. The van der Waals surface area contributed by atoms with E-state index in [2.05, 4.69) is 11.7 Å². The summed E-state index contributed by atoms with van der Waals surface area (Å²) in [6.45, 7) is 7.59. The summed E-state index contributed by atoms with van der Waals surface area (Å²) in [6, 6.07) is 5.19. The fourth-order valence-corrected chi connectivity index (χ4v) is 5.30. The van der Waals surface area contributed by atoms with Crippen molar-refractivity contribution in [3.05, 3.63) is 62.2 Å². The van der Waals surface area contributed by atoms with Crippen LogP contribution in [0.3, 0.4) is 0 Å². The van der Waals surface area contributed by atoms with E-state index in [1.807, 2.05) is 28.2 Å². The summed E-state index contributed by atoms with van der Waals surface area (Å²) in [5.41, 5.74) is 1.47. The van der Waals surface area contributed by atoms with Crippen LogP contribution in [0.5, 0.6) is 0 Å². The van der Waals surface area contributed by atoms with Gasteiger partial charge in [-0.25, -0.2) is 8.42 Å². The Kier molecular flexibility index (Phi) is 7.97. The molecule has 1 aliphatic rings. The van der Waals surface area contributed by atoms with Gasteiger partial charge in [-0.3, -0.25) is 9.80 Å². The van der Waals surface area contributed by atoms with Crippen LogP contribution in [0, 0.1) is 0 Å². The second kappa shape index (κ2) is 10.5. The van der Waals surface area contributed by atoms with Gasteiger partial charge in [0.25, 0.3) is 0 Å². The van der Waals surface area contributed by atoms with Gasteiger partial charge in [-0.1, -0.05) is 30.3 Å². The molecule has 3 rings (SSSR count). The number of hydrogen-bond donors (Lipinski definition) is 0. The molecule has 1 aliphatic heterocycles. The first-order valence-electron chi connectivity index (χ1n) is 10.2. The van der Waals surface area contributed by atoms with Gasteiger partial charge in [0.2, 0.25) is 10.7 Å². The molecule has 1 saturated heterocycles. The number of aromatic nitrogens is 1. The molecule has 7 nitrogen and oxygen atoms in total. The van der Waals surface area contributed by atoms with E-state index in [4.69, 9.17) is 11.6 Å². The van der Waals surface area contributed by atoms with Gasteiger partial charge >= 0.3 is 0 Å². The molecule has 0 radical (unpaired) electrons. The minimum Gasteiger partial charge on any atom is -0.339 e. The third-order valence-corrected chi connectivity index (χ3v) is 8.21. The largest absolute Gasteiger partial charge is 0.339 e. The van der Waals surface area contributed by atoms with E-state index in [1.54, 1.807) is 53.5 Å². The van der Waals surface area contributed by atoms with E-state index in [1.165, 1.54) is 0 Å². The lowest BCUT2D eigenvalue weighted by molar-refractivity contribution is -0.132. The number of hydrogen-bond acceptors (Lipinski definition) is 6. The number of carbonyl (C=O) groups excluding carboxylic acids is 1. The molecule has 1 fully saturated rings. The molecule has 32 heavy (non-hydrogen) atoms. The Hall–Kier alpha value is -2.36. The van der Waals surface area contributed by atoms with E-state index < -0.39 is 9.84 Å². The Morgan fingerprint density at radius 1 is 1.25 bits per heavy atom. The topological polar surface area (TPSA) is 75.0 Å². The highest BCUT2D eigenvalue weighted by Gasteiger charge is 2.23. The summed E-state index contributed by atoms with van der Waals surface area (Å²) in [7, 11) is -1.62. The fourth-order valence-electron chi connectivity index (χ4n) is 3.29. The van der Waals surface area contributed by atoms with Crippen LogP contribution in [0.15, 0.2) is 46.4 Å². The molecule has 1 amide bonds. The van der Waals surface area contributed by atoms with Crippen molar-refractivity contribution in [1.29, 1.82) is 0 Å². The van der Waals surface area contributed by atoms with Crippen molar-refractivity contribution >= 4 is 50.8 Å². The minimum atomic E-state index is -3.56. The summed E-state index contributed by atoms with van der Waals surface area (Å²) in [5, 5.41) is 9.07. The summed E-state index contributed by atoms with van der Waals surface area (Å²) in [4.78, 5) is 15.4. The molecular weight excluding hydrogens is 468 g/mol. The Labute approximate surface area is 197 Å². The smallest absolute Gasteiger partial charge is 0.223 e. The number of thiazole rings is 1. The minimum absolute atomic E-state index is 0.0422. The normalized spacial score (nSPS) is 15.8. The number of piperazine rings is 1. The summed E-state index contributed by atoms with van der Waals surface area (Å²) >= 11 is 7.55. The number of benzene rings is 1. The quantitative estimate of drug-likeness (QED) is 0.592. The van der Waals surface area contributed by atoms with Gasteiger partial charge in [0.05, 0.1) is 18.8 Å². The third kappa shape index (κ3) is 6.11. The number of carbonyl (C=O) groups is 1. The first kappa shape index (κ1) is 24.3. The van der Waals surface area contributed by atoms with Crippen molar-refractivity contribution in [3.63, 3.8) is 0 Å². The highest BCUT2D eigenvalue weighted by atomic mass is 35.5. The molecule has 0 atom stereocenters. The summed E-state index contributed by atoms with van der Waals surface area (Å²) in [6.07, 6.45) is 5.13. The second-order valence-corrected chi connectivity index (χ2v) is 11.1. The van der Waals surface area contributed by atoms with Gasteiger partial charge in [0.15, 0.2) is 9.84 Å². The van der Waals surface area contributed by atoms with E-state index >= 15 is 0 Å². The molecule has 1 aromatic heterocycles. The van der Waals surface area contributed by atoms with E-state index in [-0.39, 0.29) is 23.0 Å². The second-order valence-electron chi connectivity index (χ2n) is 7.53. The zero-order chi connectivity index (χ0) is 23.3. The maximum atomic E-state index is 12.7. The molecule has 0 spiro atoms. The number of amides is 1. The first-order valence-corrected chi connectivity index (χ1v) is 13.1. The molecule has 0 bridgehead atoms. The number of halogens is 1. The van der Waals surface area contributed by atoms with Crippen LogP contribution in [0.2, 0.25) is 5.02 Å². The van der Waals surface area contributed by atoms with Crippen molar-refractivity contribution in [1.82, 2.24) is 14.5 Å². The number of rotatable bonds is 7. The van der Waals surface area contributed by atoms with Crippen molar-refractivity contribution in [2.45, 2.75) is 13.3 Å². The molecule has 2 aromatic rings. The summed E-state index contributed by atoms with van der Waals surface area (Å²) < 4.78 is 27.4. The van der Waals surface area contributed by atoms with Gasteiger partial charge in [0, 0.05) is 48.1 Å². The van der Waals surface area contributed by atoms with Crippen LogP contribution in [0.25, 0.3) is 12.2 Å². The summed E-state index contributed by atoms with van der Waals surface area (Å²) in [5.74, 6) is -0.373. The Bertz CT molecular complexity index is 1190. The number of aryl methyl sites for hydroxylation is 1. The third-order valence-electron chi connectivity index (χ3n) is 5.30. The maximum absolute atomic E-state index is 12.7. The highest BCUT2D eigenvalue weighted by Crippen LogP contribution is 2.22. The van der Waals surface area contributed by atoms with Crippen LogP contribution in [-0.2, 0) is 21.7 Å². The zero-order valence-electron chi connectivity index (χ0n) is 18.2. The number of allylic oxidation sites excluding steroid dienone is 1. The predicted octanol–water partition coefficient (Wildman–Crippen LogP) is 3.21. The average Bonchev–Trinajstić information content (AvgIpc) is 3.18. The molecule has 2 heterocycles. The van der Waals surface area contributed by atoms with E-state index in [0.717, 1.165) is 15.9 Å². The first-order chi connectivity index (χ1) is 15.2. The van der Waals surface area contributed by atoms with Crippen LogP contribution in [0.1, 0.15) is 24.5 Å². The Morgan fingerprint density at radius 2 is 1.97 bits per heavy atom. The predicted molar refractivity (Wildman–Crippen MR) is 131 cm³/mol. The molecule has 0 N–H and O–H groups in total. The Balaban J connectivity index is 1.57. The van der Waals surface area contributed by atoms with Crippen LogP contribution in [0.4, 0.5) is 0 Å². The van der Waals surface area contributed by atoms with Crippen LogP contribution >= 0.6 is 22.9 Å². The lowest BCUT2D eigenvalue weighted by Crippen LogP contribution is -2.47. The van der Waals surface area contributed by atoms with Gasteiger partial charge < -0.3 is 9.47 Å². The van der Waals surface area contributed by atoms with Crippen molar-refractivity contribution in [3.8, 4) is 0 Å². The molecule has 0 saturated carbocycles. The zero-order valence-corrected chi connectivity index (χ0v) is 20.6. The van der Waals surface area contributed by atoms with Crippen LogP contribution in [-0.4, -0.2) is 60.7 Å². The average molecular weight is 495 g/mol. The molecule has 0 unspecified atom stereocenters. The Morgan fingerprint density at radius 3 is 2.59 bits per heavy atom. The standard InChI is InChI=1S/C22H27ClN4O3S2/c1-4-18-16-20(23)6-5-19(18)15-17(2)32(29,30)14-7-21(28)26-8-10-27(11-9-26)24-22-25(3)12-13-31-22/h4-6,12-13,15-16H,1,7-11,14H2,2-3H3/b17-15+,24-22-. The lowest BCUT2D eigenvalue weighted by Gasteiger charge is -2.33. The molecule has 10 heteroatoms. The highest BCUT2D eigenvalue weighted by molar-refractivity contribution is 7.95. The van der Waals surface area contributed by atoms with Crippen molar-refractivity contribution < 1.29 is 13.2 Å². The number of nitrogens with zero attached hydrogens (tertiary/aromatic N) is 4.